The van der Waals surface area contributed by atoms with E-state index in [2.05, 4.69) is 4.98 Å². The zero-order chi connectivity index (χ0) is 16.6. The fourth-order valence-corrected chi connectivity index (χ4v) is 3.11. The summed E-state index contributed by atoms with van der Waals surface area (Å²) in [5, 5.41) is 0.689. The number of nitrogens with one attached hydrogen (secondary N) is 1. The van der Waals surface area contributed by atoms with Crippen molar-refractivity contribution in [3.8, 4) is 0 Å². The van der Waals surface area contributed by atoms with Crippen molar-refractivity contribution in [1.82, 2.24) is 9.88 Å². The standard InChI is InChI=1S/C17H21FN2O3/c1-17(2)10-20(8-13(23-17)9-22-3)16(21)15-7-11-6-12(18)4-5-14(11)19-15/h4-7,13,19H,8-10H2,1-3H3/t13-/m0/s1. The summed E-state index contributed by atoms with van der Waals surface area (Å²) < 4.78 is 24.4. The van der Waals surface area contributed by atoms with Crippen molar-refractivity contribution in [2.45, 2.75) is 25.6 Å². The Balaban J connectivity index is 1.85. The molecule has 3 rings (SSSR count). The van der Waals surface area contributed by atoms with E-state index in [0.29, 0.717) is 30.8 Å². The van der Waals surface area contributed by atoms with Gasteiger partial charge in [0, 0.05) is 31.1 Å². The Morgan fingerprint density at radius 1 is 1.48 bits per heavy atom. The molecule has 1 N–H and O–H groups in total. The number of halogens is 1. The number of morpholine rings is 1. The van der Waals surface area contributed by atoms with Crippen molar-refractivity contribution in [1.29, 1.82) is 0 Å². The highest BCUT2D eigenvalue weighted by atomic mass is 19.1. The summed E-state index contributed by atoms with van der Waals surface area (Å²) in [5.74, 6) is -0.428. The van der Waals surface area contributed by atoms with E-state index in [-0.39, 0.29) is 17.8 Å². The molecule has 5 nitrogen and oxygen atoms in total. The zero-order valence-corrected chi connectivity index (χ0v) is 13.6. The number of nitrogens with zero attached hydrogens (tertiary/aromatic N) is 1. The molecule has 23 heavy (non-hydrogen) atoms. The first-order valence-corrected chi connectivity index (χ1v) is 7.62. The Morgan fingerprint density at radius 2 is 2.26 bits per heavy atom. The second-order valence-corrected chi connectivity index (χ2v) is 6.56. The van der Waals surface area contributed by atoms with E-state index in [1.807, 2.05) is 13.8 Å². The van der Waals surface area contributed by atoms with Crippen LogP contribution in [0.5, 0.6) is 0 Å². The van der Waals surface area contributed by atoms with Gasteiger partial charge in [0.25, 0.3) is 5.91 Å². The second kappa shape index (κ2) is 5.94. The van der Waals surface area contributed by atoms with Crippen molar-refractivity contribution in [2.24, 2.45) is 0 Å². The Bertz CT molecular complexity index is 726. The number of ether oxygens (including phenoxy) is 2. The number of hydrogen-bond acceptors (Lipinski definition) is 3. The van der Waals surface area contributed by atoms with Gasteiger partial charge in [-0.3, -0.25) is 4.79 Å². The molecular weight excluding hydrogens is 299 g/mol. The van der Waals surface area contributed by atoms with Crippen LogP contribution in [0.1, 0.15) is 24.3 Å². The number of hydrogen-bond donors (Lipinski definition) is 1. The van der Waals surface area contributed by atoms with E-state index in [9.17, 15) is 9.18 Å². The van der Waals surface area contributed by atoms with Crippen LogP contribution in [0.15, 0.2) is 24.3 Å². The zero-order valence-electron chi connectivity index (χ0n) is 13.6. The van der Waals surface area contributed by atoms with Gasteiger partial charge in [-0.25, -0.2) is 4.39 Å². The molecule has 0 spiro atoms. The number of fused-ring (bicyclic) bond motifs is 1. The molecule has 1 atom stereocenters. The molecule has 0 aliphatic carbocycles. The van der Waals surface area contributed by atoms with Gasteiger partial charge in [-0.15, -0.1) is 0 Å². The lowest BCUT2D eigenvalue weighted by molar-refractivity contribution is -0.143. The van der Waals surface area contributed by atoms with Crippen molar-refractivity contribution < 1.29 is 18.7 Å². The Kier molecular flexibility index (Phi) is 4.12. The first-order chi connectivity index (χ1) is 10.9. The van der Waals surface area contributed by atoms with Crippen molar-refractivity contribution in [3.63, 3.8) is 0 Å². The van der Waals surface area contributed by atoms with Gasteiger partial charge >= 0.3 is 0 Å². The lowest BCUT2D eigenvalue weighted by atomic mass is 10.0. The number of aromatic amines is 1. The summed E-state index contributed by atoms with van der Waals surface area (Å²) in [5.41, 5.74) is 0.769. The van der Waals surface area contributed by atoms with Crippen LogP contribution in [0.2, 0.25) is 0 Å². The summed E-state index contributed by atoms with van der Waals surface area (Å²) >= 11 is 0. The molecule has 0 saturated carbocycles. The van der Waals surface area contributed by atoms with E-state index >= 15 is 0 Å². The molecule has 1 saturated heterocycles. The highest BCUT2D eigenvalue weighted by Crippen LogP contribution is 2.24. The number of H-pyrrole nitrogens is 1. The number of carbonyl (C=O) groups excluding carboxylic acids is 1. The molecule has 1 aromatic heterocycles. The van der Waals surface area contributed by atoms with Crippen LogP contribution in [0.3, 0.4) is 0 Å². The minimum atomic E-state index is -0.435. The topological polar surface area (TPSA) is 54.6 Å². The van der Waals surface area contributed by atoms with Crippen LogP contribution in [0, 0.1) is 5.82 Å². The van der Waals surface area contributed by atoms with Gasteiger partial charge in [-0.05, 0) is 38.1 Å². The Hall–Kier alpha value is -1.92. The molecule has 2 heterocycles. The number of methoxy groups -OCH3 is 1. The van der Waals surface area contributed by atoms with Crippen LogP contribution in [-0.4, -0.2) is 54.3 Å². The number of benzene rings is 1. The summed E-state index contributed by atoms with van der Waals surface area (Å²) in [7, 11) is 1.61. The minimum Gasteiger partial charge on any atom is -0.382 e. The highest BCUT2D eigenvalue weighted by Gasteiger charge is 2.36. The molecule has 0 bridgehead atoms. The van der Waals surface area contributed by atoms with Crippen LogP contribution in [0.25, 0.3) is 10.9 Å². The maximum Gasteiger partial charge on any atom is 0.270 e. The van der Waals surface area contributed by atoms with E-state index in [1.54, 1.807) is 24.1 Å². The molecule has 2 aromatic rings. The molecule has 1 aliphatic heterocycles. The van der Waals surface area contributed by atoms with Gasteiger partial charge in [0.2, 0.25) is 0 Å². The molecule has 1 amide bonds. The maximum atomic E-state index is 13.3. The lowest BCUT2D eigenvalue weighted by Gasteiger charge is -2.42. The predicted octanol–water partition coefficient (Wildman–Crippen LogP) is 2.57. The van der Waals surface area contributed by atoms with Crippen LogP contribution in [-0.2, 0) is 9.47 Å². The third-order valence-electron chi connectivity index (χ3n) is 3.93. The molecule has 124 valence electrons. The van der Waals surface area contributed by atoms with Gasteiger partial charge in [-0.2, -0.15) is 0 Å². The van der Waals surface area contributed by atoms with E-state index < -0.39 is 5.60 Å². The van der Waals surface area contributed by atoms with Crippen molar-refractivity contribution in [2.75, 3.05) is 26.8 Å². The van der Waals surface area contributed by atoms with Crippen molar-refractivity contribution >= 4 is 16.8 Å². The number of aromatic nitrogens is 1. The monoisotopic (exact) mass is 320 g/mol. The van der Waals surface area contributed by atoms with Gasteiger partial charge in [0.1, 0.15) is 11.5 Å². The Labute approximate surface area is 134 Å². The number of rotatable bonds is 3. The molecule has 1 aromatic carbocycles. The van der Waals surface area contributed by atoms with Gasteiger partial charge < -0.3 is 19.4 Å². The quantitative estimate of drug-likeness (QED) is 0.946. The minimum absolute atomic E-state index is 0.112. The van der Waals surface area contributed by atoms with Crippen LogP contribution < -0.4 is 0 Å². The van der Waals surface area contributed by atoms with Gasteiger partial charge in [0.05, 0.1) is 18.3 Å². The fourth-order valence-electron chi connectivity index (χ4n) is 3.11. The molecule has 6 heteroatoms. The summed E-state index contributed by atoms with van der Waals surface area (Å²) in [4.78, 5) is 17.6. The van der Waals surface area contributed by atoms with Crippen molar-refractivity contribution in [3.05, 3.63) is 35.8 Å². The number of carbonyl (C=O) groups is 1. The Morgan fingerprint density at radius 3 is 3.00 bits per heavy atom. The van der Waals surface area contributed by atoms with E-state index in [1.165, 1.54) is 12.1 Å². The first kappa shape index (κ1) is 16.0. The molecule has 1 fully saturated rings. The largest absolute Gasteiger partial charge is 0.382 e. The van der Waals surface area contributed by atoms with E-state index in [4.69, 9.17) is 9.47 Å². The third kappa shape index (κ3) is 3.38. The molecule has 1 aliphatic rings. The van der Waals surface area contributed by atoms with Crippen LogP contribution >= 0.6 is 0 Å². The second-order valence-electron chi connectivity index (χ2n) is 6.56. The summed E-state index contributed by atoms with van der Waals surface area (Å²) in [6, 6.07) is 6.12. The normalized spacial score (nSPS) is 20.9. The number of amides is 1. The smallest absolute Gasteiger partial charge is 0.270 e. The predicted molar refractivity (Wildman–Crippen MR) is 85.0 cm³/mol. The summed E-state index contributed by atoms with van der Waals surface area (Å²) in [6.07, 6.45) is -0.158. The lowest BCUT2D eigenvalue weighted by Crippen LogP contribution is -2.55. The molecule has 0 unspecified atom stereocenters. The highest BCUT2D eigenvalue weighted by molar-refractivity contribution is 5.98. The fraction of sp³-hybridized carbons (Fsp3) is 0.471. The molecular formula is C17H21FN2O3. The average molecular weight is 320 g/mol. The summed E-state index contributed by atoms with van der Waals surface area (Å²) in [6.45, 7) is 5.31. The third-order valence-corrected chi connectivity index (χ3v) is 3.93. The first-order valence-electron chi connectivity index (χ1n) is 7.62. The van der Waals surface area contributed by atoms with Crippen LogP contribution in [0.4, 0.5) is 4.39 Å². The van der Waals surface area contributed by atoms with E-state index in [0.717, 1.165) is 5.52 Å². The van der Waals surface area contributed by atoms with Gasteiger partial charge in [-0.1, -0.05) is 0 Å². The SMILES string of the molecule is COC[C@@H]1CN(C(=O)c2cc3cc(F)ccc3[nH]2)CC(C)(C)O1. The average Bonchev–Trinajstić information content (AvgIpc) is 2.88. The maximum absolute atomic E-state index is 13.3. The van der Waals surface area contributed by atoms with Gasteiger partial charge in [0.15, 0.2) is 0 Å². The molecule has 0 radical (unpaired) electrons.